The van der Waals surface area contributed by atoms with Crippen LogP contribution in [0.1, 0.15) is 17.9 Å². The molecule has 0 amide bonds. The van der Waals surface area contributed by atoms with Gasteiger partial charge >= 0.3 is 0 Å². The lowest BCUT2D eigenvalue weighted by Gasteiger charge is -2.38. The van der Waals surface area contributed by atoms with Crippen molar-refractivity contribution in [1.82, 2.24) is 9.97 Å². The molecule has 1 aromatic heterocycles. The minimum Gasteiger partial charge on any atom is -0.480 e. The van der Waals surface area contributed by atoms with Crippen LogP contribution in [0, 0.1) is 0 Å². The monoisotopic (exact) mass is 557 g/mol. The Hall–Kier alpha value is -5.42. The van der Waals surface area contributed by atoms with E-state index < -0.39 is 0 Å². The molecule has 5 nitrogen and oxygen atoms in total. The van der Waals surface area contributed by atoms with E-state index in [0.29, 0.717) is 5.95 Å². The van der Waals surface area contributed by atoms with Crippen LogP contribution in [0.15, 0.2) is 151 Å². The van der Waals surface area contributed by atoms with Crippen LogP contribution in [0.3, 0.4) is 0 Å². The fourth-order valence-corrected chi connectivity index (χ4v) is 6.79. The second-order valence-electron chi connectivity index (χ2n) is 11.3. The normalized spacial score (nSPS) is 21.3. The summed E-state index contributed by atoms with van der Waals surface area (Å²) in [5, 5.41) is 2.44. The molecule has 2 aliphatic heterocycles. The van der Waals surface area contributed by atoms with E-state index in [4.69, 9.17) is 19.4 Å². The van der Waals surface area contributed by atoms with E-state index in [1.807, 2.05) is 48.6 Å². The van der Waals surface area contributed by atoms with E-state index in [0.717, 1.165) is 51.9 Å². The number of fused-ring (bicyclic) bond motifs is 7. The van der Waals surface area contributed by atoms with E-state index in [-0.39, 0.29) is 18.1 Å². The first-order valence-electron chi connectivity index (χ1n) is 14.8. The molecule has 3 atom stereocenters. The SMILES string of the molecule is C1=CCC2OC3=C(C=CC4c5c(ccc6ccccc56)N(c5nc(-c6ccccc6)cc(-c6ccccc6)n5)C34)OC2=C1. The van der Waals surface area contributed by atoms with Gasteiger partial charge in [-0.05, 0) is 40.6 Å². The minimum absolute atomic E-state index is 0.0391. The summed E-state index contributed by atoms with van der Waals surface area (Å²) in [5.74, 6) is 3.12. The summed E-state index contributed by atoms with van der Waals surface area (Å²) in [6.07, 6.45) is 11.1. The second-order valence-corrected chi connectivity index (χ2v) is 11.3. The fourth-order valence-electron chi connectivity index (χ4n) is 6.79. The van der Waals surface area contributed by atoms with Crippen molar-refractivity contribution in [1.29, 1.82) is 0 Å². The van der Waals surface area contributed by atoms with Crippen molar-refractivity contribution in [3.05, 3.63) is 156 Å². The molecule has 9 rings (SSSR count). The van der Waals surface area contributed by atoms with Crippen molar-refractivity contribution < 1.29 is 9.47 Å². The Bertz CT molecular complexity index is 1970. The molecule has 0 saturated heterocycles. The summed E-state index contributed by atoms with van der Waals surface area (Å²) in [5.41, 5.74) is 6.18. The Labute approximate surface area is 249 Å². The van der Waals surface area contributed by atoms with Gasteiger partial charge in [0, 0.05) is 29.2 Å². The van der Waals surface area contributed by atoms with Crippen LogP contribution < -0.4 is 4.90 Å². The molecule has 5 heteroatoms. The van der Waals surface area contributed by atoms with Gasteiger partial charge in [0.2, 0.25) is 5.95 Å². The Morgan fingerprint density at radius 2 is 1.49 bits per heavy atom. The van der Waals surface area contributed by atoms with Crippen LogP contribution in [0.25, 0.3) is 33.3 Å². The van der Waals surface area contributed by atoms with Crippen LogP contribution in [0.2, 0.25) is 0 Å². The molecule has 0 radical (unpaired) electrons. The number of rotatable bonds is 3. The molecule has 4 aromatic carbocycles. The standard InChI is InChI=1S/C38H27N3O2/c1-3-12-25(13-4-1)29-23-30(26-14-5-2-6-15-26)40-38(39-29)41-31-21-19-24-11-7-8-16-27(24)35(31)28-20-22-34-37(36(28)41)43-33-18-10-9-17-32(33)42-34/h1-17,19-23,28,33,36H,18H2. The zero-order valence-corrected chi connectivity index (χ0v) is 23.3. The number of hydrogen-bond donors (Lipinski definition) is 0. The van der Waals surface area contributed by atoms with Gasteiger partial charge in [0.25, 0.3) is 0 Å². The third kappa shape index (κ3) is 3.85. The number of hydrogen-bond acceptors (Lipinski definition) is 5. The molecule has 206 valence electrons. The number of nitrogens with zero attached hydrogens (tertiary/aromatic N) is 3. The van der Waals surface area contributed by atoms with Crippen LogP contribution in [0.4, 0.5) is 11.6 Å². The molecule has 0 bridgehead atoms. The summed E-state index contributed by atoms with van der Waals surface area (Å²) in [6, 6.07) is 35.5. The molecular weight excluding hydrogens is 530 g/mol. The van der Waals surface area contributed by atoms with Crippen LogP contribution in [0.5, 0.6) is 0 Å². The van der Waals surface area contributed by atoms with Crippen LogP contribution in [-0.2, 0) is 9.47 Å². The Morgan fingerprint density at radius 3 is 2.26 bits per heavy atom. The number of benzene rings is 4. The molecular formula is C38H27N3O2. The molecule has 0 fully saturated rings. The average Bonchev–Trinajstić information content (AvgIpc) is 3.43. The average molecular weight is 558 g/mol. The maximum absolute atomic E-state index is 6.82. The quantitative estimate of drug-likeness (QED) is 0.222. The zero-order chi connectivity index (χ0) is 28.3. The highest BCUT2D eigenvalue weighted by Gasteiger charge is 2.48. The van der Waals surface area contributed by atoms with E-state index >= 15 is 0 Å². The predicted molar refractivity (Wildman–Crippen MR) is 169 cm³/mol. The van der Waals surface area contributed by atoms with E-state index in [9.17, 15) is 0 Å². The van der Waals surface area contributed by atoms with E-state index in [1.165, 1.54) is 16.3 Å². The van der Waals surface area contributed by atoms with Gasteiger partial charge in [-0.2, -0.15) is 0 Å². The van der Waals surface area contributed by atoms with Crippen molar-refractivity contribution >= 4 is 22.4 Å². The smallest absolute Gasteiger partial charge is 0.231 e. The van der Waals surface area contributed by atoms with E-state index in [2.05, 4.69) is 89.9 Å². The lowest BCUT2D eigenvalue weighted by Crippen LogP contribution is -2.40. The lowest BCUT2D eigenvalue weighted by atomic mass is 9.86. The highest BCUT2D eigenvalue weighted by molar-refractivity contribution is 5.95. The molecule has 43 heavy (non-hydrogen) atoms. The number of aromatic nitrogens is 2. The first-order chi connectivity index (χ1) is 21.3. The Morgan fingerprint density at radius 1 is 0.767 bits per heavy atom. The van der Waals surface area contributed by atoms with Crippen molar-refractivity contribution in [3.63, 3.8) is 0 Å². The van der Waals surface area contributed by atoms with Crippen molar-refractivity contribution in [3.8, 4) is 22.5 Å². The van der Waals surface area contributed by atoms with Gasteiger partial charge in [-0.25, -0.2) is 9.97 Å². The summed E-state index contributed by atoms with van der Waals surface area (Å²) in [7, 11) is 0. The van der Waals surface area contributed by atoms with Crippen LogP contribution >= 0.6 is 0 Å². The second kappa shape index (κ2) is 9.57. The van der Waals surface area contributed by atoms with Gasteiger partial charge in [0.05, 0.1) is 11.4 Å². The van der Waals surface area contributed by atoms with E-state index in [1.54, 1.807) is 0 Å². The highest BCUT2D eigenvalue weighted by Crippen LogP contribution is 2.54. The summed E-state index contributed by atoms with van der Waals surface area (Å²) in [4.78, 5) is 12.8. The van der Waals surface area contributed by atoms with Gasteiger partial charge in [-0.1, -0.05) is 109 Å². The molecule has 5 aromatic rings. The lowest BCUT2D eigenvalue weighted by molar-refractivity contribution is 0.0400. The molecule has 0 spiro atoms. The summed E-state index contributed by atoms with van der Waals surface area (Å²) < 4.78 is 13.3. The highest BCUT2D eigenvalue weighted by atomic mass is 16.6. The Kier molecular flexibility index (Phi) is 5.38. The largest absolute Gasteiger partial charge is 0.480 e. The maximum Gasteiger partial charge on any atom is 0.231 e. The summed E-state index contributed by atoms with van der Waals surface area (Å²) in [6.45, 7) is 0. The summed E-state index contributed by atoms with van der Waals surface area (Å²) >= 11 is 0. The zero-order valence-electron chi connectivity index (χ0n) is 23.3. The molecule has 3 heterocycles. The topological polar surface area (TPSA) is 47.5 Å². The molecule has 3 unspecified atom stereocenters. The van der Waals surface area contributed by atoms with Crippen molar-refractivity contribution in [2.45, 2.75) is 24.5 Å². The molecule has 0 N–H and O–H groups in total. The van der Waals surface area contributed by atoms with Gasteiger partial charge < -0.3 is 9.47 Å². The number of allylic oxidation sites excluding steroid dienone is 3. The fraction of sp³-hybridized carbons (Fsp3) is 0.105. The first kappa shape index (κ1) is 24.2. The predicted octanol–water partition coefficient (Wildman–Crippen LogP) is 8.61. The Balaban J connectivity index is 1.29. The van der Waals surface area contributed by atoms with Crippen LogP contribution in [-0.4, -0.2) is 22.1 Å². The third-order valence-electron chi connectivity index (χ3n) is 8.76. The van der Waals surface area contributed by atoms with Crippen molar-refractivity contribution in [2.75, 3.05) is 4.90 Å². The van der Waals surface area contributed by atoms with Gasteiger partial charge in [-0.15, -0.1) is 0 Å². The van der Waals surface area contributed by atoms with Crippen molar-refractivity contribution in [2.24, 2.45) is 0 Å². The number of ether oxygens (including phenoxy) is 2. The molecule has 2 aliphatic carbocycles. The number of anilines is 2. The minimum atomic E-state index is -0.192. The first-order valence-corrected chi connectivity index (χ1v) is 14.8. The molecule has 4 aliphatic rings. The van der Waals surface area contributed by atoms with Gasteiger partial charge in [0.15, 0.2) is 17.6 Å². The third-order valence-corrected chi connectivity index (χ3v) is 8.76. The maximum atomic E-state index is 6.82. The van der Waals surface area contributed by atoms with Gasteiger partial charge in [0.1, 0.15) is 11.8 Å². The van der Waals surface area contributed by atoms with Gasteiger partial charge in [-0.3, -0.25) is 4.90 Å². The molecule has 0 saturated carbocycles.